The van der Waals surface area contributed by atoms with Gasteiger partial charge >= 0.3 is 6.03 Å². The summed E-state index contributed by atoms with van der Waals surface area (Å²) in [4.78, 5) is 35.3. The molecule has 4 amide bonds. The minimum absolute atomic E-state index is 0.0652. The van der Waals surface area contributed by atoms with Crippen LogP contribution < -0.4 is 27.4 Å². The Morgan fingerprint density at radius 1 is 1.16 bits per heavy atom. The average Bonchev–Trinajstić information content (AvgIpc) is 2.55. The second-order valence-corrected chi connectivity index (χ2v) is 5.82. The van der Waals surface area contributed by atoms with Gasteiger partial charge in [-0.15, -0.1) is 0 Å². The largest absolute Gasteiger partial charge is 0.352 e. The zero-order valence-corrected chi connectivity index (χ0v) is 14.9. The third-order valence-corrected chi connectivity index (χ3v) is 3.41. The van der Waals surface area contributed by atoms with E-state index in [9.17, 15) is 14.4 Å². The Morgan fingerprint density at radius 3 is 2.28 bits per heavy atom. The lowest BCUT2D eigenvalue weighted by Gasteiger charge is -2.22. The molecule has 0 aliphatic rings. The smallest absolute Gasteiger partial charge is 0.312 e. The summed E-state index contributed by atoms with van der Waals surface area (Å²) in [6.07, 6.45) is 5.32. The molecule has 25 heavy (non-hydrogen) atoms. The van der Waals surface area contributed by atoms with Gasteiger partial charge in [-0.25, -0.2) is 4.79 Å². The Bertz CT molecular complexity index is 528. The van der Waals surface area contributed by atoms with E-state index in [-0.39, 0.29) is 5.92 Å². The van der Waals surface area contributed by atoms with E-state index in [2.05, 4.69) is 29.1 Å². The minimum atomic E-state index is -0.805. The van der Waals surface area contributed by atoms with E-state index in [1.807, 2.05) is 13.8 Å². The minimum Gasteiger partial charge on any atom is -0.352 e. The van der Waals surface area contributed by atoms with Crippen molar-refractivity contribution in [2.45, 2.75) is 38.8 Å². The molecule has 7 N–H and O–H groups in total. The topological polar surface area (TPSA) is 139 Å². The third-order valence-electron chi connectivity index (χ3n) is 3.41. The summed E-state index contributed by atoms with van der Waals surface area (Å²) in [5, 5.41) is 7.74. The fourth-order valence-electron chi connectivity index (χ4n) is 1.87. The van der Waals surface area contributed by atoms with Gasteiger partial charge in [-0.2, -0.15) is 0 Å². The van der Waals surface area contributed by atoms with Crippen LogP contribution in [0.2, 0.25) is 0 Å². The number of nitrogens with two attached hydrogens (primary N) is 2. The first-order valence-electron chi connectivity index (χ1n) is 8.08. The molecular formula is C17H29N5O3. The maximum absolute atomic E-state index is 12.4. The van der Waals surface area contributed by atoms with Crippen LogP contribution in [0.15, 0.2) is 37.1 Å². The van der Waals surface area contributed by atoms with E-state index in [1.165, 1.54) is 12.2 Å². The molecule has 0 bridgehead atoms. The molecule has 0 aliphatic heterocycles. The molecule has 0 fully saturated rings. The average molecular weight is 351 g/mol. The van der Waals surface area contributed by atoms with E-state index in [0.717, 1.165) is 0 Å². The van der Waals surface area contributed by atoms with E-state index in [0.29, 0.717) is 25.1 Å². The number of carbonyl (C=O) groups is 3. The second-order valence-electron chi connectivity index (χ2n) is 5.82. The van der Waals surface area contributed by atoms with Crippen molar-refractivity contribution in [3.05, 3.63) is 37.1 Å². The molecule has 0 rings (SSSR count). The first-order valence-corrected chi connectivity index (χ1v) is 8.08. The SMILES string of the molecule is C=CC=C(C=C)NC(=O)C(CCCNC(N)=O)NC(=O)C(N)C(C)C. The number of carbonyl (C=O) groups excluding carboxylic acids is 3. The molecule has 2 atom stereocenters. The zero-order chi connectivity index (χ0) is 19.4. The number of hydrogen-bond donors (Lipinski definition) is 5. The molecule has 8 nitrogen and oxygen atoms in total. The van der Waals surface area contributed by atoms with Crippen LogP contribution in [0.3, 0.4) is 0 Å². The lowest BCUT2D eigenvalue weighted by Crippen LogP contribution is -2.52. The lowest BCUT2D eigenvalue weighted by atomic mass is 10.0. The van der Waals surface area contributed by atoms with Gasteiger partial charge in [0.1, 0.15) is 6.04 Å². The summed E-state index contributed by atoms with van der Waals surface area (Å²) in [6.45, 7) is 11.1. The summed E-state index contributed by atoms with van der Waals surface area (Å²) in [6, 6.07) is -2.17. The van der Waals surface area contributed by atoms with Crippen LogP contribution in [0.1, 0.15) is 26.7 Å². The van der Waals surface area contributed by atoms with Crippen LogP contribution in [0.4, 0.5) is 4.79 Å². The van der Waals surface area contributed by atoms with Crippen LogP contribution in [-0.2, 0) is 9.59 Å². The summed E-state index contributed by atoms with van der Waals surface area (Å²) < 4.78 is 0. The molecule has 8 heteroatoms. The molecule has 0 aromatic rings. The van der Waals surface area contributed by atoms with Gasteiger partial charge in [-0.3, -0.25) is 9.59 Å². The Hall–Kier alpha value is -2.61. The normalized spacial score (nSPS) is 13.5. The Kier molecular flexibility index (Phi) is 10.6. The molecular weight excluding hydrogens is 322 g/mol. The quantitative estimate of drug-likeness (QED) is 0.269. The van der Waals surface area contributed by atoms with Crippen molar-refractivity contribution < 1.29 is 14.4 Å². The van der Waals surface area contributed by atoms with E-state index in [4.69, 9.17) is 11.5 Å². The molecule has 0 spiro atoms. The molecule has 2 unspecified atom stereocenters. The standard InChI is InChI=1S/C17H29N5O3/c1-5-8-12(6-2)21-15(23)13(9-7-10-20-17(19)25)22-16(24)14(18)11(3)4/h5-6,8,11,13-14H,1-2,7,9-10,18H2,3-4H3,(H,21,23)(H,22,24)(H3,19,20,25). The Morgan fingerprint density at radius 2 is 1.80 bits per heavy atom. The van der Waals surface area contributed by atoms with E-state index < -0.39 is 29.9 Å². The van der Waals surface area contributed by atoms with Crippen LogP contribution in [-0.4, -0.2) is 36.5 Å². The summed E-state index contributed by atoms with van der Waals surface area (Å²) in [5.74, 6) is -0.883. The number of rotatable bonds is 11. The highest BCUT2D eigenvalue weighted by Crippen LogP contribution is 2.04. The summed E-state index contributed by atoms with van der Waals surface area (Å²) >= 11 is 0. The highest BCUT2D eigenvalue weighted by molar-refractivity contribution is 5.90. The fraction of sp³-hybridized carbons (Fsp3) is 0.471. The van der Waals surface area contributed by atoms with Crippen molar-refractivity contribution in [3.63, 3.8) is 0 Å². The molecule has 0 heterocycles. The number of nitrogens with one attached hydrogen (secondary N) is 3. The molecule has 0 saturated carbocycles. The van der Waals surface area contributed by atoms with Gasteiger partial charge in [0.15, 0.2) is 0 Å². The first kappa shape index (κ1) is 22.4. The Balaban J connectivity index is 4.97. The molecule has 140 valence electrons. The highest BCUT2D eigenvalue weighted by Gasteiger charge is 2.25. The number of allylic oxidation sites excluding steroid dienone is 3. The van der Waals surface area contributed by atoms with Crippen molar-refractivity contribution in [2.75, 3.05) is 6.54 Å². The molecule has 0 radical (unpaired) electrons. The molecule has 0 saturated heterocycles. The highest BCUT2D eigenvalue weighted by atomic mass is 16.2. The molecule has 0 aliphatic carbocycles. The van der Waals surface area contributed by atoms with Gasteiger partial charge in [-0.1, -0.05) is 33.1 Å². The van der Waals surface area contributed by atoms with Gasteiger partial charge in [0.2, 0.25) is 11.8 Å². The van der Waals surface area contributed by atoms with Crippen LogP contribution in [0.25, 0.3) is 0 Å². The monoisotopic (exact) mass is 351 g/mol. The van der Waals surface area contributed by atoms with Crippen LogP contribution in [0, 0.1) is 5.92 Å². The summed E-state index contributed by atoms with van der Waals surface area (Å²) in [7, 11) is 0. The first-order chi connectivity index (χ1) is 11.7. The molecule has 0 aromatic carbocycles. The van der Waals surface area contributed by atoms with Gasteiger partial charge < -0.3 is 27.4 Å². The maximum atomic E-state index is 12.4. The maximum Gasteiger partial charge on any atom is 0.312 e. The van der Waals surface area contributed by atoms with Gasteiger partial charge in [0.05, 0.1) is 6.04 Å². The van der Waals surface area contributed by atoms with Crippen LogP contribution in [0.5, 0.6) is 0 Å². The van der Waals surface area contributed by atoms with Gasteiger partial charge in [0, 0.05) is 12.2 Å². The van der Waals surface area contributed by atoms with Crippen molar-refractivity contribution in [1.29, 1.82) is 0 Å². The Labute approximate surface area is 148 Å². The number of hydrogen-bond acceptors (Lipinski definition) is 4. The van der Waals surface area contributed by atoms with Gasteiger partial charge in [-0.05, 0) is 30.9 Å². The number of amides is 4. The lowest BCUT2D eigenvalue weighted by molar-refractivity contribution is -0.129. The predicted octanol–water partition coefficient (Wildman–Crippen LogP) is 0.275. The summed E-state index contributed by atoms with van der Waals surface area (Å²) in [5.41, 5.74) is 11.3. The van der Waals surface area contributed by atoms with Crippen molar-refractivity contribution >= 4 is 17.8 Å². The van der Waals surface area contributed by atoms with Crippen LogP contribution >= 0.6 is 0 Å². The number of urea groups is 1. The van der Waals surface area contributed by atoms with Crippen molar-refractivity contribution in [2.24, 2.45) is 17.4 Å². The van der Waals surface area contributed by atoms with Crippen molar-refractivity contribution in [3.8, 4) is 0 Å². The third kappa shape index (κ3) is 9.31. The van der Waals surface area contributed by atoms with E-state index >= 15 is 0 Å². The number of primary amides is 1. The fourth-order valence-corrected chi connectivity index (χ4v) is 1.87. The van der Waals surface area contributed by atoms with E-state index in [1.54, 1.807) is 6.08 Å². The second kappa shape index (κ2) is 11.9. The van der Waals surface area contributed by atoms with Crippen molar-refractivity contribution in [1.82, 2.24) is 16.0 Å². The van der Waals surface area contributed by atoms with Gasteiger partial charge in [0.25, 0.3) is 0 Å². The zero-order valence-electron chi connectivity index (χ0n) is 14.9. The predicted molar refractivity (Wildman–Crippen MR) is 98.2 cm³/mol. The molecule has 0 aromatic heterocycles.